The highest BCUT2D eigenvalue weighted by Gasteiger charge is 2.19. The van der Waals surface area contributed by atoms with E-state index >= 15 is 0 Å². The van der Waals surface area contributed by atoms with Gasteiger partial charge in [-0.1, -0.05) is 58.4 Å². The van der Waals surface area contributed by atoms with E-state index in [-0.39, 0.29) is 0 Å². The van der Waals surface area contributed by atoms with Crippen molar-refractivity contribution < 1.29 is 4.90 Å². The molecule has 2 aromatic carbocycles. The van der Waals surface area contributed by atoms with Crippen molar-refractivity contribution in [3.05, 3.63) is 69.7 Å². The number of hydrogen-bond acceptors (Lipinski definition) is 0. The molecule has 0 spiro atoms. The van der Waals surface area contributed by atoms with Crippen molar-refractivity contribution in [3.63, 3.8) is 0 Å². The van der Waals surface area contributed by atoms with Crippen LogP contribution < -0.4 is 4.90 Å². The molecule has 2 aromatic rings. The number of halogens is 1. The maximum absolute atomic E-state index is 3.64. The number of rotatable bonds is 2. The molecular formula is C16H17BrN+. The van der Waals surface area contributed by atoms with Gasteiger partial charge in [0.1, 0.15) is 13.1 Å². The Morgan fingerprint density at radius 3 is 2.50 bits per heavy atom. The normalized spacial score (nSPS) is 18.4. The SMILES string of the molecule is Brc1ccccc1C[NH+]1CCc2ccccc2C1. The molecule has 2 heteroatoms. The van der Waals surface area contributed by atoms with Crippen LogP contribution in [-0.4, -0.2) is 6.54 Å². The lowest BCUT2D eigenvalue weighted by Gasteiger charge is -2.26. The van der Waals surface area contributed by atoms with Gasteiger partial charge in [-0.05, 0) is 11.6 Å². The van der Waals surface area contributed by atoms with Gasteiger partial charge < -0.3 is 4.90 Å². The standard InChI is InChI=1S/C16H16BrN/c17-16-8-4-3-7-15(16)12-18-10-9-13-5-1-2-6-14(13)11-18/h1-8H,9-12H2/p+1. The third kappa shape index (κ3) is 2.50. The van der Waals surface area contributed by atoms with Crippen LogP contribution in [0.2, 0.25) is 0 Å². The molecule has 1 atom stereocenters. The Kier molecular flexibility index (Phi) is 3.48. The van der Waals surface area contributed by atoms with Crippen molar-refractivity contribution in [1.82, 2.24) is 0 Å². The molecular weight excluding hydrogens is 286 g/mol. The molecule has 1 aliphatic rings. The Bertz CT molecular complexity index is 550. The predicted molar refractivity (Wildman–Crippen MR) is 77.5 cm³/mol. The van der Waals surface area contributed by atoms with E-state index in [2.05, 4.69) is 64.5 Å². The van der Waals surface area contributed by atoms with Gasteiger partial charge in [0.2, 0.25) is 0 Å². The van der Waals surface area contributed by atoms with Gasteiger partial charge in [-0.2, -0.15) is 0 Å². The van der Waals surface area contributed by atoms with E-state index in [1.165, 1.54) is 34.1 Å². The average molecular weight is 303 g/mol. The minimum absolute atomic E-state index is 1.11. The molecule has 0 bridgehead atoms. The second-order valence-electron chi connectivity index (χ2n) is 4.96. The topological polar surface area (TPSA) is 4.44 Å². The molecule has 1 heterocycles. The second-order valence-corrected chi connectivity index (χ2v) is 5.82. The molecule has 1 unspecified atom stereocenters. The average Bonchev–Trinajstić information content (AvgIpc) is 2.41. The summed E-state index contributed by atoms with van der Waals surface area (Å²) in [4.78, 5) is 1.65. The first kappa shape index (κ1) is 11.9. The van der Waals surface area contributed by atoms with E-state index in [9.17, 15) is 0 Å². The van der Waals surface area contributed by atoms with Crippen molar-refractivity contribution in [2.75, 3.05) is 6.54 Å². The lowest BCUT2D eigenvalue weighted by atomic mass is 9.99. The lowest BCUT2D eigenvalue weighted by Crippen LogP contribution is -3.10. The molecule has 0 saturated carbocycles. The molecule has 0 amide bonds. The Labute approximate surface area is 117 Å². The zero-order valence-corrected chi connectivity index (χ0v) is 11.9. The highest BCUT2D eigenvalue weighted by atomic mass is 79.9. The van der Waals surface area contributed by atoms with Crippen molar-refractivity contribution >= 4 is 15.9 Å². The van der Waals surface area contributed by atoms with Crippen molar-refractivity contribution in [2.45, 2.75) is 19.5 Å². The van der Waals surface area contributed by atoms with E-state index in [0.29, 0.717) is 0 Å². The highest BCUT2D eigenvalue weighted by molar-refractivity contribution is 9.10. The largest absolute Gasteiger partial charge is 0.327 e. The van der Waals surface area contributed by atoms with E-state index in [1.54, 1.807) is 4.90 Å². The fourth-order valence-corrected chi connectivity index (χ4v) is 3.13. The summed E-state index contributed by atoms with van der Waals surface area (Å²) in [5, 5.41) is 0. The number of quaternary nitrogens is 1. The molecule has 1 N–H and O–H groups in total. The van der Waals surface area contributed by atoms with Crippen LogP contribution in [0.4, 0.5) is 0 Å². The zero-order valence-electron chi connectivity index (χ0n) is 10.3. The van der Waals surface area contributed by atoms with Crippen LogP contribution in [0.5, 0.6) is 0 Å². The van der Waals surface area contributed by atoms with Crippen LogP contribution in [0.3, 0.4) is 0 Å². The van der Waals surface area contributed by atoms with Crippen molar-refractivity contribution in [2.24, 2.45) is 0 Å². The van der Waals surface area contributed by atoms with Crippen LogP contribution in [0, 0.1) is 0 Å². The van der Waals surface area contributed by atoms with Crippen molar-refractivity contribution in [1.29, 1.82) is 0 Å². The summed E-state index contributed by atoms with van der Waals surface area (Å²) in [6, 6.07) is 17.4. The van der Waals surface area contributed by atoms with E-state index in [4.69, 9.17) is 0 Å². The first-order valence-electron chi connectivity index (χ1n) is 6.47. The summed E-state index contributed by atoms with van der Waals surface area (Å²) < 4.78 is 1.23. The lowest BCUT2D eigenvalue weighted by molar-refractivity contribution is -0.929. The van der Waals surface area contributed by atoms with E-state index < -0.39 is 0 Å². The monoisotopic (exact) mass is 302 g/mol. The maximum Gasteiger partial charge on any atom is 0.104 e. The molecule has 0 radical (unpaired) electrons. The number of nitrogens with one attached hydrogen (secondary N) is 1. The van der Waals surface area contributed by atoms with Crippen LogP contribution in [0.25, 0.3) is 0 Å². The van der Waals surface area contributed by atoms with Crippen LogP contribution in [0.1, 0.15) is 16.7 Å². The van der Waals surface area contributed by atoms with Gasteiger partial charge in [-0.25, -0.2) is 0 Å². The van der Waals surface area contributed by atoms with Gasteiger partial charge in [0, 0.05) is 22.0 Å². The highest BCUT2D eigenvalue weighted by Crippen LogP contribution is 2.16. The van der Waals surface area contributed by atoms with E-state index in [0.717, 1.165) is 13.1 Å². The smallest absolute Gasteiger partial charge is 0.104 e. The molecule has 0 fully saturated rings. The molecule has 1 nitrogen and oxygen atoms in total. The molecule has 0 aromatic heterocycles. The van der Waals surface area contributed by atoms with Gasteiger partial charge in [0.25, 0.3) is 0 Å². The molecule has 3 rings (SSSR count). The summed E-state index contributed by atoms with van der Waals surface area (Å²) in [6.45, 7) is 3.49. The van der Waals surface area contributed by atoms with Gasteiger partial charge in [-0.3, -0.25) is 0 Å². The molecule has 1 aliphatic heterocycles. The number of hydrogen-bond donors (Lipinski definition) is 1. The third-order valence-corrected chi connectivity index (χ3v) is 4.48. The van der Waals surface area contributed by atoms with Crippen molar-refractivity contribution in [3.8, 4) is 0 Å². The first-order chi connectivity index (χ1) is 8.83. The summed E-state index contributed by atoms with van der Waals surface area (Å²) >= 11 is 3.64. The van der Waals surface area contributed by atoms with Gasteiger partial charge in [0.15, 0.2) is 0 Å². The summed E-state index contributed by atoms with van der Waals surface area (Å²) in [6.07, 6.45) is 1.20. The van der Waals surface area contributed by atoms with Gasteiger partial charge in [-0.15, -0.1) is 0 Å². The van der Waals surface area contributed by atoms with Gasteiger partial charge in [0.05, 0.1) is 6.54 Å². The van der Waals surface area contributed by atoms with Gasteiger partial charge >= 0.3 is 0 Å². The number of fused-ring (bicyclic) bond motifs is 1. The fourth-order valence-electron chi connectivity index (χ4n) is 2.70. The minimum Gasteiger partial charge on any atom is -0.327 e. The minimum atomic E-state index is 1.11. The Morgan fingerprint density at radius 1 is 0.944 bits per heavy atom. The zero-order chi connectivity index (χ0) is 12.4. The van der Waals surface area contributed by atoms with E-state index in [1.807, 2.05) is 0 Å². The molecule has 0 saturated heterocycles. The molecule has 0 aliphatic carbocycles. The Hall–Kier alpha value is -1.12. The van der Waals surface area contributed by atoms with Crippen LogP contribution >= 0.6 is 15.9 Å². The molecule has 18 heavy (non-hydrogen) atoms. The summed E-state index contributed by atoms with van der Waals surface area (Å²) in [7, 11) is 0. The first-order valence-corrected chi connectivity index (χ1v) is 7.26. The van der Waals surface area contributed by atoms with Crippen LogP contribution in [-0.2, 0) is 19.5 Å². The van der Waals surface area contributed by atoms with Crippen LogP contribution in [0.15, 0.2) is 53.0 Å². The fraction of sp³-hybridized carbons (Fsp3) is 0.250. The number of benzene rings is 2. The maximum atomic E-state index is 3.64. The Morgan fingerprint density at radius 2 is 1.67 bits per heavy atom. The summed E-state index contributed by atoms with van der Waals surface area (Å²) in [5.41, 5.74) is 4.46. The quantitative estimate of drug-likeness (QED) is 0.870. The predicted octanol–water partition coefficient (Wildman–Crippen LogP) is 2.59. The molecule has 92 valence electrons. The Balaban J connectivity index is 1.75. The third-order valence-electron chi connectivity index (χ3n) is 3.71. The summed E-state index contributed by atoms with van der Waals surface area (Å²) in [5.74, 6) is 0. The second kappa shape index (κ2) is 5.25.